The molecule has 1 N–H and O–H groups in total. The molecule has 1 aliphatic heterocycles. The summed E-state index contributed by atoms with van der Waals surface area (Å²) in [5.41, 5.74) is 0. The minimum atomic E-state index is 0.676. The van der Waals surface area contributed by atoms with Crippen molar-refractivity contribution in [3.8, 4) is 0 Å². The van der Waals surface area contributed by atoms with Gasteiger partial charge in [-0.3, -0.25) is 4.90 Å². The number of likely N-dealkylation sites (tertiary alicyclic amines) is 1. The lowest BCUT2D eigenvalue weighted by Crippen LogP contribution is -2.42. The van der Waals surface area contributed by atoms with Crippen LogP contribution in [0.4, 0.5) is 0 Å². The van der Waals surface area contributed by atoms with Crippen molar-refractivity contribution in [2.24, 2.45) is 0 Å². The van der Waals surface area contributed by atoms with Gasteiger partial charge in [0.25, 0.3) is 0 Å². The first-order valence-corrected chi connectivity index (χ1v) is 7.25. The van der Waals surface area contributed by atoms with Gasteiger partial charge in [0.2, 0.25) is 0 Å². The summed E-state index contributed by atoms with van der Waals surface area (Å²) in [4.78, 5) is 4.97. The van der Waals surface area contributed by atoms with E-state index in [4.69, 9.17) is 0 Å². The molecule has 17 heavy (non-hydrogen) atoms. The third-order valence-corrected chi connectivity index (χ3v) is 3.69. The molecule has 102 valence electrons. The number of hydrogen-bond acceptors (Lipinski definition) is 3. The Labute approximate surface area is 108 Å². The molecule has 0 radical (unpaired) electrons. The maximum absolute atomic E-state index is 3.63. The van der Waals surface area contributed by atoms with Gasteiger partial charge in [0, 0.05) is 31.7 Å². The molecule has 1 aliphatic rings. The normalized spacial score (nSPS) is 23.5. The molecule has 0 spiro atoms. The van der Waals surface area contributed by atoms with Crippen molar-refractivity contribution in [1.82, 2.24) is 15.1 Å². The molecule has 2 unspecified atom stereocenters. The summed E-state index contributed by atoms with van der Waals surface area (Å²) in [6, 6.07) is 1.46. The Hall–Kier alpha value is -0.120. The van der Waals surface area contributed by atoms with E-state index in [0.29, 0.717) is 6.04 Å². The molecule has 0 aliphatic carbocycles. The molecule has 0 saturated carbocycles. The van der Waals surface area contributed by atoms with Gasteiger partial charge in [-0.05, 0) is 46.8 Å². The summed E-state index contributed by atoms with van der Waals surface area (Å²) >= 11 is 0. The first kappa shape index (κ1) is 14.9. The second kappa shape index (κ2) is 8.06. The van der Waals surface area contributed by atoms with Crippen LogP contribution < -0.4 is 5.32 Å². The molecule has 3 nitrogen and oxygen atoms in total. The minimum Gasteiger partial charge on any atom is -0.313 e. The van der Waals surface area contributed by atoms with E-state index >= 15 is 0 Å². The highest BCUT2D eigenvalue weighted by molar-refractivity contribution is 4.81. The van der Waals surface area contributed by atoms with Gasteiger partial charge in [-0.1, -0.05) is 13.3 Å². The molecule has 1 rings (SSSR count). The van der Waals surface area contributed by atoms with E-state index in [0.717, 1.165) is 12.6 Å². The minimum absolute atomic E-state index is 0.676. The topological polar surface area (TPSA) is 18.5 Å². The van der Waals surface area contributed by atoms with Crippen molar-refractivity contribution < 1.29 is 0 Å². The van der Waals surface area contributed by atoms with Crippen LogP contribution >= 0.6 is 0 Å². The molecule has 0 bridgehead atoms. The zero-order valence-corrected chi connectivity index (χ0v) is 12.2. The molecule has 0 aromatic rings. The highest BCUT2D eigenvalue weighted by Crippen LogP contribution is 2.16. The van der Waals surface area contributed by atoms with E-state index in [1.165, 1.54) is 45.3 Å². The Morgan fingerprint density at radius 3 is 2.82 bits per heavy atom. The molecular weight excluding hydrogens is 210 g/mol. The highest BCUT2D eigenvalue weighted by atomic mass is 15.2. The standard InChI is InChI=1S/C14H31N3/c1-5-7-13(2)15-9-11-17-10-6-8-14(17)12-16(3)4/h13-15H,5-12H2,1-4H3. The zero-order valence-electron chi connectivity index (χ0n) is 12.2. The fraction of sp³-hybridized carbons (Fsp3) is 1.00. The van der Waals surface area contributed by atoms with Crippen LogP contribution in [0.3, 0.4) is 0 Å². The lowest BCUT2D eigenvalue weighted by molar-refractivity contribution is 0.206. The van der Waals surface area contributed by atoms with Gasteiger partial charge in [0.05, 0.1) is 0 Å². The second-order valence-corrected chi connectivity index (χ2v) is 5.74. The van der Waals surface area contributed by atoms with Gasteiger partial charge in [-0.2, -0.15) is 0 Å². The third kappa shape index (κ3) is 5.84. The molecule has 1 heterocycles. The first-order valence-electron chi connectivity index (χ1n) is 7.25. The van der Waals surface area contributed by atoms with Crippen LogP contribution in [0.25, 0.3) is 0 Å². The third-order valence-electron chi connectivity index (χ3n) is 3.69. The molecule has 0 aromatic heterocycles. The number of likely N-dealkylation sites (N-methyl/N-ethyl adjacent to an activating group) is 1. The molecular formula is C14H31N3. The van der Waals surface area contributed by atoms with Crippen LogP contribution in [-0.4, -0.2) is 62.2 Å². The zero-order chi connectivity index (χ0) is 12.7. The Balaban J connectivity index is 2.17. The smallest absolute Gasteiger partial charge is 0.0223 e. The number of nitrogens with one attached hydrogen (secondary N) is 1. The predicted molar refractivity (Wildman–Crippen MR) is 75.5 cm³/mol. The summed E-state index contributed by atoms with van der Waals surface area (Å²) in [5.74, 6) is 0. The van der Waals surface area contributed by atoms with E-state index in [-0.39, 0.29) is 0 Å². The van der Waals surface area contributed by atoms with Crippen LogP contribution in [0.2, 0.25) is 0 Å². The van der Waals surface area contributed by atoms with E-state index in [1.54, 1.807) is 0 Å². The average Bonchev–Trinajstić information content (AvgIpc) is 2.65. The van der Waals surface area contributed by atoms with Crippen LogP contribution in [0, 0.1) is 0 Å². The van der Waals surface area contributed by atoms with Gasteiger partial charge in [0.15, 0.2) is 0 Å². The van der Waals surface area contributed by atoms with Crippen molar-refractivity contribution >= 4 is 0 Å². The number of rotatable bonds is 8. The fourth-order valence-electron chi connectivity index (χ4n) is 2.81. The molecule has 1 saturated heterocycles. The van der Waals surface area contributed by atoms with Gasteiger partial charge >= 0.3 is 0 Å². The molecule has 1 fully saturated rings. The van der Waals surface area contributed by atoms with Crippen molar-refractivity contribution in [3.05, 3.63) is 0 Å². The largest absolute Gasteiger partial charge is 0.313 e. The van der Waals surface area contributed by atoms with Gasteiger partial charge in [0.1, 0.15) is 0 Å². The maximum atomic E-state index is 3.63. The van der Waals surface area contributed by atoms with Crippen LogP contribution in [-0.2, 0) is 0 Å². The van der Waals surface area contributed by atoms with Crippen molar-refractivity contribution in [2.45, 2.75) is 51.6 Å². The van der Waals surface area contributed by atoms with E-state index in [9.17, 15) is 0 Å². The average molecular weight is 241 g/mol. The molecule has 0 amide bonds. The monoisotopic (exact) mass is 241 g/mol. The van der Waals surface area contributed by atoms with E-state index in [2.05, 4.69) is 43.1 Å². The summed E-state index contributed by atoms with van der Waals surface area (Å²) in [6.07, 6.45) is 5.33. The van der Waals surface area contributed by atoms with Crippen molar-refractivity contribution in [2.75, 3.05) is 40.3 Å². The van der Waals surface area contributed by atoms with Gasteiger partial charge in [-0.15, -0.1) is 0 Å². The van der Waals surface area contributed by atoms with Gasteiger partial charge in [-0.25, -0.2) is 0 Å². The second-order valence-electron chi connectivity index (χ2n) is 5.74. The number of hydrogen-bond donors (Lipinski definition) is 1. The Morgan fingerprint density at radius 2 is 2.18 bits per heavy atom. The Morgan fingerprint density at radius 1 is 1.41 bits per heavy atom. The van der Waals surface area contributed by atoms with Gasteiger partial charge < -0.3 is 10.2 Å². The molecule has 2 atom stereocenters. The SMILES string of the molecule is CCCC(C)NCCN1CCCC1CN(C)C. The van der Waals surface area contributed by atoms with Crippen LogP contribution in [0.1, 0.15) is 39.5 Å². The quantitative estimate of drug-likeness (QED) is 0.699. The first-order chi connectivity index (χ1) is 8.13. The van der Waals surface area contributed by atoms with Crippen molar-refractivity contribution in [1.29, 1.82) is 0 Å². The van der Waals surface area contributed by atoms with Crippen LogP contribution in [0.15, 0.2) is 0 Å². The van der Waals surface area contributed by atoms with E-state index in [1.807, 2.05) is 0 Å². The van der Waals surface area contributed by atoms with E-state index < -0.39 is 0 Å². The highest BCUT2D eigenvalue weighted by Gasteiger charge is 2.24. The summed E-state index contributed by atoms with van der Waals surface area (Å²) in [6.45, 7) is 9.42. The van der Waals surface area contributed by atoms with Crippen LogP contribution in [0.5, 0.6) is 0 Å². The lowest BCUT2D eigenvalue weighted by Gasteiger charge is -2.27. The summed E-state index contributed by atoms with van der Waals surface area (Å²) in [7, 11) is 4.36. The maximum Gasteiger partial charge on any atom is 0.0223 e. The fourth-order valence-corrected chi connectivity index (χ4v) is 2.81. The summed E-state index contributed by atoms with van der Waals surface area (Å²) < 4.78 is 0. The molecule has 3 heteroatoms. The molecule has 0 aromatic carbocycles. The summed E-state index contributed by atoms with van der Waals surface area (Å²) in [5, 5.41) is 3.63. The Kier molecular flexibility index (Phi) is 7.09. The van der Waals surface area contributed by atoms with Crippen molar-refractivity contribution in [3.63, 3.8) is 0 Å². The predicted octanol–water partition coefficient (Wildman–Crippen LogP) is 1.79. The lowest BCUT2D eigenvalue weighted by atomic mass is 10.2. The Bertz CT molecular complexity index is 194. The number of nitrogens with zero attached hydrogens (tertiary/aromatic N) is 2.